The SMILES string of the molecule is CC[C@H](c1nnnn1Cc1ccccc1)N(Cc1ccccc1)Cc1cc2cc3c(cc2[nH]c1=O)OCCO3. The van der Waals surface area contributed by atoms with Crippen LogP contribution >= 0.6 is 0 Å². The minimum absolute atomic E-state index is 0.112. The number of nitrogens with zero attached hydrogens (tertiary/aromatic N) is 5. The summed E-state index contributed by atoms with van der Waals surface area (Å²) in [6, 6.07) is 26.0. The Morgan fingerprint density at radius 1 is 0.923 bits per heavy atom. The van der Waals surface area contributed by atoms with Crippen LogP contribution in [0.3, 0.4) is 0 Å². The summed E-state index contributed by atoms with van der Waals surface area (Å²) in [6.45, 7) is 4.76. The van der Waals surface area contributed by atoms with Gasteiger partial charge < -0.3 is 14.5 Å². The summed E-state index contributed by atoms with van der Waals surface area (Å²) in [5, 5.41) is 13.7. The molecule has 0 radical (unpaired) electrons. The van der Waals surface area contributed by atoms with Gasteiger partial charge in [0.05, 0.1) is 18.1 Å². The van der Waals surface area contributed by atoms with Crippen molar-refractivity contribution in [3.63, 3.8) is 0 Å². The van der Waals surface area contributed by atoms with E-state index >= 15 is 0 Å². The summed E-state index contributed by atoms with van der Waals surface area (Å²) in [7, 11) is 0. The first-order chi connectivity index (χ1) is 19.2. The van der Waals surface area contributed by atoms with Crippen molar-refractivity contribution in [1.29, 1.82) is 0 Å². The van der Waals surface area contributed by atoms with Crippen LogP contribution in [0, 0.1) is 0 Å². The Morgan fingerprint density at radius 2 is 1.62 bits per heavy atom. The molecule has 0 fully saturated rings. The molecule has 0 spiro atoms. The van der Waals surface area contributed by atoms with E-state index in [4.69, 9.17) is 9.47 Å². The Morgan fingerprint density at radius 3 is 2.33 bits per heavy atom. The van der Waals surface area contributed by atoms with Crippen molar-refractivity contribution in [2.75, 3.05) is 13.2 Å². The molecule has 0 saturated carbocycles. The molecule has 0 saturated heterocycles. The maximum Gasteiger partial charge on any atom is 0.252 e. The highest BCUT2D eigenvalue weighted by Gasteiger charge is 2.26. The van der Waals surface area contributed by atoms with Gasteiger partial charge in [0.2, 0.25) is 0 Å². The van der Waals surface area contributed by atoms with Crippen LogP contribution in [0.4, 0.5) is 0 Å². The van der Waals surface area contributed by atoms with E-state index in [1.54, 1.807) is 0 Å². The number of ether oxygens (including phenoxy) is 2. The van der Waals surface area contributed by atoms with Crippen LogP contribution in [-0.4, -0.2) is 43.3 Å². The summed E-state index contributed by atoms with van der Waals surface area (Å²) in [5.41, 5.74) is 3.53. The predicted molar refractivity (Wildman–Crippen MR) is 148 cm³/mol. The molecule has 1 aliphatic heterocycles. The molecular formula is C30H30N6O3. The molecule has 0 bridgehead atoms. The second kappa shape index (κ2) is 11.1. The van der Waals surface area contributed by atoms with Gasteiger partial charge in [-0.25, -0.2) is 4.68 Å². The fraction of sp³-hybridized carbons (Fsp3) is 0.267. The highest BCUT2D eigenvalue weighted by molar-refractivity contribution is 5.83. The van der Waals surface area contributed by atoms with Gasteiger partial charge in [-0.1, -0.05) is 67.6 Å². The summed E-state index contributed by atoms with van der Waals surface area (Å²) < 4.78 is 13.3. The zero-order valence-electron chi connectivity index (χ0n) is 21.8. The van der Waals surface area contributed by atoms with Gasteiger partial charge in [0, 0.05) is 30.1 Å². The molecule has 0 amide bonds. The van der Waals surface area contributed by atoms with Crippen LogP contribution in [0.25, 0.3) is 10.9 Å². The average molecular weight is 523 g/mol. The third kappa shape index (κ3) is 5.39. The van der Waals surface area contributed by atoms with E-state index in [0.29, 0.717) is 49.9 Å². The smallest absolute Gasteiger partial charge is 0.252 e. The summed E-state index contributed by atoms with van der Waals surface area (Å²) in [5.74, 6) is 2.12. The molecule has 0 aliphatic carbocycles. The monoisotopic (exact) mass is 522 g/mol. The van der Waals surface area contributed by atoms with Crippen LogP contribution in [0.1, 0.15) is 41.9 Å². The lowest BCUT2D eigenvalue weighted by atomic mass is 10.1. The van der Waals surface area contributed by atoms with Crippen molar-refractivity contribution < 1.29 is 9.47 Å². The molecule has 5 aromatic rings. The highest BCUT2D eigenvalue weighted by atomic mass is 16.6. The molecule has 1 aliphatic rings. The van der Waals surface area contributed by atoms with Crippen molar-refractivity contribution in [3.05, 3.63) is 112 Å². The minimum atomic E-state index is -0.129. The average Bonchev–Trinajstić information content (AvgIpc) is 3.41. The van der Waals surface area contributed by atoms with Gasteiger partial charge in [-0.2, -0.15) is 0 Å². The second-order valence-corrected chi connectivity index (χ2v) is 9.70. The molecule has 39 heavy (non-hydrogen) atoms. The number of hydrogen-bond donors (Lipinski definition) is 1. The summed E-state index contributed by atoms with van der Waals surface area (Å²) in [6.07, 6.45) is 0.770. The third-order valence-corrected chi connectivity index (χ3v) is 7.05. The molecule has 3 aromatic carbocycles. The number of rotatable bonds is 9. The molecular weight excluding hydrogens is 492 g/mol. The number of fused-ring (bicyclic) bond motifs is 2. The predicted octanol–water partition coefficient (Wildman–Crippen LogP) is 4.49. The maximum atomic E-state index is 13.3. The van der Waals surface area contributed by atoms with Gasteiger partial charge in [-0.05, 0) is 40.1 Å². The fourth-order valence-corrected chi connectivity index (χ4v) is 5.14. The van der Waals surface area contributed by atoms with E-state index in [2.05, 4.69) is 56.6 Å². The molecule has 0 unspecified atom stereocenters. The minimum Gasteiger partial charge on any atom is -0.486 e. The van der Waals surface area contributed by atoms with Crippen LogP contribution in [0.2, 0.25) is 0 Å². The highest BCUT2D eigenvalue weighted by Crippen LogP contribution is 2.34. The second-order valence-electron chi connectivity index (χ2n) is 9.70. The third-order valence-electron chi connectivity index (χ3n) is 7.05. The van der Waals surface area contributed by atoms with Crippen molar-refractivity contribution in [2.24, 2.45) is 0 Å². The molecule has 3 heterocycles. The summed E-state index contributed by atoms with van der Waals surface area (Å²) in [4.78, 5) is 18.6. The number of tetrazole rings is 1. The molecule has 1 N–H and O–H groups in total. The first-order valence-corrected chi connectivity index (χ1v) is 13.2. The Hall–Kier alpha value is -4.50. The van der Waals surface area contributed by atoms with Crippen LogP contribution < -0.4 is 15.0 Å². The molecule has 1 atom stereocenters. The Bertz CT molecular complexity index is 1620. The zero-order valence-corrected chi connectivity index (χ0v) is 21.8. The Labute approximate surface area is 226 Å². The molecule has 198 valence electrons. The van der Waals surface area contributed by atoms with Crippen molar-refractivity contribution in [3.8, 4) is 11.5 Å². The molecule has 2 aromatic heterocycles. The number of aromatic nitrogens is 5. The number of hydrogen-bond acceptors (Lipinski definition) is 7. The van der Waals surface area contributed by atoms with Crippen molar-refractivity contribution in [1.82, 2.24) is 30.1 Å². The van der Waals surface area contributed by atoms with E-state index in [9.17, 15) is 4.79 Å². The number of pyridine rings is 1. The van der Waals surface area contributed by atoms with E-state index in [1.807, 2.05) is 59.3 Å². The van der Waals surface area contributed by atoms with Crippen molar-refractivity contribution in [2.45, 2.75) is 39.0 Å². The van der Waals surface area contributed by atoms with Gasteiger partial charge >= 0.3 is 0 Å². The molecule has 9 heteroatoms. The van der Waals surface area contributed by atoms with Gasteiger partial charge in [-0.15, -0.1) is 5.10 Å². The van der Waals surface area contributed by atoms with Gasteiger partial charge in [0.15, 0.2) is 17.3 Å². The lowest BCUT2D eigenvalue weighted by molar-refractivity contribution is 0.161. The van der Waals surface area contributed by atoms with Gasteiger partial charge in [0.1, 0.15) is 13.2 Å². The number of nitrogens with one attached hydrogen (secondary N) is 1. The zero-order chi connectivity index (χ0) is 26.6. The number of benzene rings is 3. The van der Waals surface area contributed by atoms with E-state index in [1.165, 1.54) is 0 Å². The normalized spacial score (nSPS) is 13.6. The largest absolute Gasteiger partial charge is 0.486 e. The molecule has 9 nitrogen and oxygen atoms in total. The van der Waals surface area contributed by atoms with Gasteiger partial charge in [-0.3, -0.25) is 9.69 Å². The quantitative estimate of drug-likeness (QED) is 0.305. The van der Waals surface area contributed by atoms with Crippen LogP contribution in [0.15, 0.2) is 83.7 Å². The fourth-order valence-electron chi connectivity index (χ4n) is 5.14. The molecule has 6 rings (SSSR count). The van der Waals surface area contributed by atoms with Crippen LogP contribution in [-0.2, 0) is 19.6 Å². The van der Waals surface area contributed by atoms with E-state index in [-0.39, 0.29) is 11.6 Å². The number of H-pyrrole nitrogens is 1. The number of aromatic amines is 1. The Balaban J connectivity index is 1.36. The first-order valence-electron chi connectivity index (χ1n) is 13.2. The topological polar surface area (TPSA) is 98.2 Å². The maximum absolute atomic E-state index is 13.3. The lowest BCUT2D eigenvalue weighted by Crippen LogP contribution is -2.32. The van der Waals surface area contributed by atoms with E-state index in [0.717, 1.165) is 34.3 Å². The standard InChI is InChI=1S/C30H30N6O3/c1-2-26(29-32-33-34-36(29)19-22-11-7-4-8-12-22)35(18-21-9-5-3-6-10-21)20-24-15-23-16-27-28(39-14-13-38-27)17-25(23)31-30(24)37/h3-12,15-17,26H,2,13-14,18-20H2,1H3,(H,31,37)/t26-/m1/s1. The van der Waals surface area contributed by atoms with Crippen LogP contribution in [0.5, 0.6) is 11.5 Å². The van der Waals surface area contributed by atoms with E-state index < -0.39 is 0 Å². The van der Waals surface area contributed by atoms with Crippen molar-refractivity contribution >= 4 is 10.9 Å². The summed E-state index contributed by atoms with van der Waals surface area (Å²) >= 11 is 0. The lowest BCUT2D eigenvalue weighted by Gasteiger charge is -2.30. The first kappa shape index (κ1) is 24.8. The van der Waals surface area contributed by atoms with Gasteiger partial charge in [0.25, 0.3) is 5.56 Å². The Kier molecular flexibility index (Phi) is 7.05.